The van der Waals surface area contributed by atoms with Gasteiger partial charge in [0, 0.05) is 24.1 Å². The number of hydrogen-bond acceptors (Lipinski definition) is 3. The summed E-state index contributed by atoms with van der Waals surface area (Å²) >= 11 is 0. The molecule has 1 aromatic carbocycles. The first kappa shape index (κ1) is 12.9. The second-order valence-corrected chi connectivity index (χ2v) is 5.10. The fourth-order valence-electron chi connectivity index (χ4n) is 2.00. The van der Waals surface area contributed by atoms with Crippen LogP contribution in [0.1, 0.15) is 18.4 Å². The molecule has 1 aliphatic carbocycles. The summed E-state index contributed by atoms with van der Waals surface area (Å²) in [4.78, 5) is 11.7. The molecule has 1 fully saturated rings. The van der Waals surface area contributed by atoms with Crippen molar-refractivity contribution >= 4 is 11.6 Å². The first-order valence-electron chi connectivity index (χ1n) is 6.89. The monoisotopic (exact) mass is 270 g/mol. The lowest BCUT2D eigenvalue weighted by Gasteiger charge is -2.07. The Morgan fingerprint density at radius 1 is 1.30 bits per heavy atom. The van der Waals surface area contributed by atoms with Crippen LogP contribution >= 0.6 is 0 Å². The van der Waals surface area contributed by atoms with Crippen molar-refractivity contribution in [2.45, 2.75) is 25.4 Å². The van der Waals surface area contributed by atoms with Gasteiger partial charge >= 0.3 is 0 Å². The van der Waals surface area contributed by atoms with E-state index in [4.69, 9.17) is 0 Å². The first-order valence-corrected chi connectivity index (χ1v) is 6.89. The summed E-state index contributed by atoms with van der Waals surface area (Å²) < 4.78 is 1.87. The van der Waals surface area contributed by atoms with Crippen LogP contribution in [-0.2, 0) is 11.3 Å². The zero-order valence-electron chi connectivity index (χ0n) is 11.2. The highest BCUT2D eigenvalue weighted by Gasteiger charge is 2.21. The molecule has 0 aliphatic heterocycles. The average Bonchev–Trinajstić information content (AvgIpc) is 3.15. The maximum Gasteiger partial charge on any atom is 0.238 e. The number of nitrogens with one attached hydrogen (secondary N) is 2. The first-order chi connectivity index (χ1) is 9.79. The van der Waals surface area contributed by atoms with E-state index in [0.29, 0.717) is 12.6 Å². The molecule has 1 aromatic heterocycles. The van der Waals surface area contributed by atoms with Crippen molar-refractivity contribution < 1.29 is 4.79 Å². The number of hydrogen-bond donors (Lipinski definition) is 2. The fourth-order valence-corrected chi connectivity index (χ4v) is 2.00. The molecule has 1 saturated carbocycles. The van der Waals surface area contributed by atoms with Gasteiger partial charge in [-0.2, -0.15) is 5.10 Å². The van der Waals surface area contributed by atoms with E-state index < -0.39 is 0 Å². The highest BCUT2D eigenvalue weighted by Crippen LogP contribution is 2.18. The zero-order valence-corrected chi connectivity index (χ0v) is 11.2. The Morgan fingerprint density at radius 3 is 2.75 bits per heavy atom. The normalized spacial score (nSPS) is 14.2. The molecule has 0 spiro atoms. The van der Waals surface area contributed by atoms with Gasteiger partial charge < -0.3 is 10.6 Å². The summed E-state index contributed by atoms with van der Waals surface area (Å²) in [5.41, 5.74) is 1.99. The van der Waals surface area contributed by atoms with Gasteiger partial charge in [0.1, 0.15) is 0 Å². The highest BCUT2D eigenvalue weighted by atomic mass is 16.1. The molecule has 0 radical (unpaired) electrons. The van der Waals surface area contributed by atoms with Crippen molar-refractivity contribution in [2.24, 2.45) is 0 Å². The van der Waals surface area contributed by atoms with Gasteiger partial charge in [0.25, 0.3) is 0 Å². The number of aromatic nitrogens is 2. The van der Waals surface area contributed by atoms with Gasteiger partial charge in [-0.25, -0.2) is 0 Å². The van der Waals surface area contributed by atoms with Crippen LogP contribution in [0.4, 0.5) is 5.69 Å². The van der Waals surface area contributed by atoms with Crippen LogP contribution in [-0.4, -0.2) is 28.3 Å². The number of amides is 1. The van der Waals surface area contributed by atoms with Crippen LogP contribution in [0.5, 0.6) is 0 Å². The van der Waals surface area contributed by atoms with Crippen molar-refractivity contribution in [3.05, 3.63) is 48.3 Å². The van der Waals surface area contributed by atoms with E-state index >= 15 is 0 Å². The van der Waals surface area contributed by atoms with E-state index in [-0.39, 0.29) is 5.91 Å². The molecule has 2 aromatic rings. The number of carbonyl (C=O) groups is 1. The molecule has 0 atom stereocenters. The maximum atomic E-state index is 11.7. The molecule has 20 heavy (non-hydrogen) atoms. The maximum absolute atomic E-state index is 11.7. The summed E-state index contributed by atoms with van der Waals surface area (Å²) in [5, 5.41) is 10.2. The molecule has 0 unspecified atom stereocenters. The van der Waals surface area contributed by atoms with Crippen molar-refractivity contribution in [1.29, 1.82) is 0 Å². The standard InChI is InChI=1S/C15H18N4O/c20-15(10-16-13-6-7-13)18-14-4-2-12(3-5-14)11-19-9-1-8-17-19/h1-5,8-9,13,16H,6-7,10-11H2,(H,18,20). The largest absolute Gasteiger partial charge is 0.325 e. The van der Waals surface area contributed by atoms with Gasteiger partial charge in [0.2, 0.25) is 5.91 Å². The van der Waals surface area contributed by atoms with Gasteiger partial charge in [-0.1, -0.05) is 12.1 Å². The Balaban J connectivity index is 1.51. The van der Waals surface area contributed by atoms with E-state index in [1.54, 1.807) is 6.20 Å². The second-order valence-electron chi connectivity index (χ2n) is 5.10. The third-order valence-corrected chi connectivity index (χ3v) is 3.27. The molecule has 1 aliphatic rings. The molecule has 5 heteroatoms. The Bertz CT molecular complexity index is 558. The predicted octanol–water partition coefficient (Wildman–Crippen LogP) is 1.62. The molecular weight excluding hydrogens is 252 g/mol. The van der Waals surface area contributed by atoms with Crippen molar-refractivity contribution in [1.82, 2.24) is 15.1 Å². The number of rotatable bonds is 6. The van der Waals surface area contributed by atoms with Gasteiger partial charge in [-0.05, 0) is 36.6 Å². The summed E-state index contributed by atoms with van der Waals surface area (Å²) in [6.07, 6.45) is 6.07. The quantitative estimate of drug-likeness (QED) is 0.838. The third kappa shape index (κ3) is 3.68. The Morgan fingerprint density at radius 2 is 2.10 bits per heavy atom. The van der Waals surface area contributed by atoms with Crippen molar-refractivity contribution in [2.75, 3.05) is 11.9 Å². The lowest BCUT2D eigenvalue weighted by molar-refractivity contribution is -0.115. The smallest absolute Gasteiger partial charge is 0.238 e. The van der Waals surface area contributed by atoms with E-state index in [9.17, 15) is 4.79 Å². The average molecular weight is 270 g/mol. The zero-order chi connectivity index (χ0) is 13.8. The third-order valence-electron chi connectivity index (χ3n) is 3.27. The SMILES string of the molecule is O=C(CNC1CC1)Nc1ccc(Cn2cccn2)cc1. The van der Waals surface area contributed by atoms with Crippen LogP contribution < -0.4 is 10.6 Å². The molecule has 104 valence electrons. The van der Waals surface area contributed by atoms with Crippen LogP contribution in [0.3, 0.4) is 0 Å². The minimum absolute atomic E-state index is 0.0109. The molecule has 0 bridgehead atoms. The summed E-state index contributed by atoms with van der Waals surface area (Å²) in [6.45, 7) is 1.13. The van der Waals surface area contributed by atoms with E-state index in [0.717, 1.165) is 17.8 Å². The predicted molar refractivity (Wildman–Crippen MR) is 77.4 cm³/mol. The topological polar surface area (TPSA) is 59.0 Å². The minimum Gasteiger partial charge on any atom is -0.325 e. The van der Waals surface area contributed by atoms with E-state index in [1.165, 1.54) is 12.8 Å². The molecule has 5 nitrogen and oxygen atoms in total. The van der Waals surface area contributed by atoms with E-state index in [2.05, 4.69) is 15.7 Å². The van der Waals surface area contributed by atoms with Crippen molar-refractivity contribution in [3.8, 4) is 0 Å². The molecular formula is C15H18N4O. The Kier molecular flexibility index (Phi) is 3.78. The molecule has 1 heterocycles. The Hall–Kier alpha value is -2.14. The molecule has 2 N–H and O–H groups in total. The van der Waals surface area contributed by atoms with Gasteiger partial charge in [0.15, 0.2) is 0 Å². The van der Waals surface area contributed by atoms with Gasteiger partial charge in [-0.3, -0.25) is 9.48 Å². The number of nitrogens with zero attached hydrogens (tertiary/aromatic N) is 2. The van der Waals surface area contributed by atoms with Crippen LogP contribution in [0.25, 0.3) is 0 Å². The van der Waals surface area contributed by atoms with Crippen LogP contribution in [0.15, 0.2) is 42.7 Å². The summed E-state index contributed by atoms with van der Waals surface area (Å²) in [5.74, 6) is 0.0109. The van der Waals surface area contributed by atoms with Crippen molar-refractivity contribution in [3.63, 3.8) is 0 Å². The molecule has 3 rings (SSSR count). The molecule has 0 saturated heterocycles. The lowest BCUT2D eigenvalue weighted by atomic mass is 10.2. The molecule has 1 amide bonds. The Labute approximate surface area is 118 Å². The number of benzene rings is 1. The van der Waals surface area contributed by atoms with Crippen LogP contribution in [0.2, 0.25) is 0 Å². The second kappa shape index (κ2) is 5.88. The fraction of sp³-hybridized carbons (Fsp3) is 0.333. The summed E-state index contributed by atoms with van der Waals surface area (Å²) in [6, 6.07) is 10.3. The number of anilines is 1. The van der Waals surface area contributed by atoms with E-state index in [1.807, 2.05) is 41.2 Å². The lowest BCUT2D eigenvalue weighted by Crippen LogP contribution is -2.29. The van der Waals surface area contributed by atoms with Crippen LogP contribution in [0, 0.1) is 0 Å². The summed E-state index contributed by atoms with van der Waals surface area (Å²) in [7, 11) is 0. The minimum atomic E-state index is 0.0109. The highest BCUT2D eigenvalue weighted by molar-refractivity contribution is 5.92. The van der Waals surface area contributed by atoms with Gasteiger partial charge in [0.05, 0.1) is 13.1 Å². The van der Waals surface area contributed by atoms with Gasteiger partial charge in [-0.15, -0.1) is 0 Å². The number of carbonyl (C=O) groups excluding carboxylic acids is 1.